The number of carbonyl (C=O) groups excluding carboxylic acids is 3. The highest BCUT2D eigenvalue weighted by molar-refractivity contribution is 6.02. The molecule has 0 bridgehead atoms. The van der Waals surface area contributed by atoms with Crippen LogP contribution in [-0.4, -0.2) is 30.8 Å². The molecule has 8 heteroatoms. The molecule has 0 atom stereocenters. The van der Waals surface area contributed by atoms with Crippen LogP contribution in [0.15, 0.2) is 71.3 Å². The van der Waals surface area contributed by atoms with E-state index in [-0.39, 0.29) is 30.0 Å². The van der Waals surface area contributed by atoms with Gasteiger partial charge in [-0.2, -0.15) is 0 Å². The monoisotopic (exact) mass is 434 g/mol. The molecule has 1 heterocycles. The Morgan fingerprint density at radius 1 is 0.844 bits per heavy atom. The van der Waals surface area contributed by atoms with E-state index in [4.69, 9.17) is 4.42 Å². The first kappa shape index (κ1) is 22.6. The van der Waals surface area contributed by atoms with Crippen molar-refractivity contribution in [1.29, 1.82) is 0 Å². The van der Waals surface area contributed by atoms with E-state index < -0.39 is 0 Å². The summed E-state index contributed by atoms with van der Waals surface area (Å²) in [6, 6.07) is 17.0. The van der Waals surface area contributed by atoms with Crippen LogP contribution in [0.2, 0.25) is 0 Å². The maximum Gasteiger partial charge on any atom is 0.291 e. The summed E-state index contributed by atoms with van der Waals surface area (Å²) in [6.07, 6.45) is 3.35. The lowest BCUT2D eigenvalue weighted by Gasteiger charge is -2.11. The molecule has 0 radical (unpaired) electrons. The van der Waals surface area contributed by atoms with E-state index in [1.165, 1.54) is 6.26 Å². The second kappa shape index (κ2) is 11.4. The molecule has 3 amide bonds. The Bertz CT molecular complexity index is 1060. The summed E-state index contributed by atoms with van der Waals surface area (Å²) in [5.41, 5.74) is 2.27. The molecular formula is C24H26N4O4. The lowest BCUT2D eigenvalue weighted by molar-refractivity contribution is -0.114. The van der Waals surface area contributed by atoms with Gasteiger partial charge in [-0.15, -0.1) is 0 Å². The van der Waals surface area contributed by atoms with E-state index >= 15 is 0 Å². The van der Waals surface area contributed by atoms with Crippen molar-refractivity contribution >= 4 is 34.8 Å². The van der Waals surface area contributed by atoms with Crippen molar-refractivity contribution in [2.75, 3.05) is 29.0 Å². The van der Waals surface area contributed by atoms with E-state index in [1.807, 2.05) is 0 Å². The molecule has 3 rings (SSSR count). The summed E-state index contributed by atoms with van der Waals surface area (Å²) in [6.45, 7) is 2.70. The van der Waals surface area contributed by atoms with E-state index in [2.05, 4.69) is 28.2 Å². The van der Waals surface area contributed by atoms with Gasteiger partial charge in [-0.1, -0.05) is 25.5 Å². The first-order chi connectivity index (χ1) is 15.5. The number of carbonyl (C=O) groups is 3. The van der Waals surface area contributed by atoms with Crippen LogP contribution in [0.5, 0.6) is 0 Å². The third kappa shape index (κ3) is 6.73. The predicted octanol–water partition coefficient (Wildman–Crippen LogP) is 4.11. The molecule has 0 aliphatic carbocycles. The SMILES string of the molecule is CCCCNC(=O)c1cccc(NC(=O)CNc2cccc(NC(=O)c3ccco3)c2)c1. The van der Waals surface area contributed by atoms with Crippen molar-refractivity contribution in [2.45, 2.75) is 19.8 Å². The van der Waals surface area contributed by atoms with Crippen LogP contribution in [0.1, 0.15) is 40.7 Å². The Balaban J connectivity index is 1.51. The minimum absolute atomic E-state index is 0.0164. The molecule has 0 aliphatic heterocycles. The Hall–Kier alpha value is -4.07. The van der Waals surface area contributed by atoms with Gasteiger partial charge in [0.1, 0.15) is 0 Å². The molecule has 0 unspecified atom stereocenters. The van der Waals surface area contributed by atoms with Gasteiger partial charge in [-0.05, 0) is 55.0 Å². The topological polar surface area (TPSA) is 112 Å². The highest BCUT2D eigenvalue weighted by Crippen LogP contribution is 2.16. The van der Waals surface area contributed by atoms with E-state index in [1.54, 1.807) is 60.7 Å². The number of furan rings is 1. The zero-order valence-corrected chi connectivity index (χ0v) is 17.8. The normalized spacial score (nSPS) is 10.3. The molecule has 1 aromatic heterocycles. The van der Waals surface area contributed by atoms with Gasteiger partial charge in [-0.3, -0.25) is 14.4 Å². The summed E-state index contributed by atoms with van der Waals surface area (Å²) in [4.78, 5) is 36.6. The van der Waals surface area contributed by atoms with Gasteiger partial charge >= 0.3 is 0 Å². The third-order valence-electron chi connectivity index (χ3n) is 4.54. The minimum atomic E-state index is -0.358. The van der Waals surface area contributed by atoms with Gasteiger partial charge in [-0.25, -0.2) is 0 Å². The van der Waals surface area contributed by atoms with Crippen molar-refractivity contribution in [3.63, 3.8) is 0 Å². The van der Waals surface area contributed by atoms with Crippen LogP contribution >= 0.6 is 0 Å². The van der Waals surface area contributed by atoms with Crippen molar-refractivity contribution in [2.24, 2.45) is 0 Å². The summed E-state index contributed by atoms with van der Waals surface area (Å²) >= 11 is 0. The van der Waals surface area contributed by atoms with Gasteiger partial charge in [0.05, 0.1) is 12.8 Å². The Morgan fingerprint density at radius 2 is 1.59 bits per heavy atom. The fraction of sp³-hybridized carbons (Fsp3) is 0.208. The number of hydrogen-bond donors (Lipinski definition) is 4. The first-order valence-electron chi connectivity index (χ1n) is 10.4. The van der Waals surface area contributed by atoms with Crippen molar-refractivity contribution < 1.29 is 18.8 Å². The molecule has 0 saturated carbocycles. The van der Waals surface area contributed by atoms with Gasteiger partial charge in [0.2, 0.25) is 5.91 Å². The van der Waals surface area contributed by atoms with Gasteiger partial charge < -0.3 is 25.7 Å². The van der Waals surface area contributed by atoms with Crippen LogP contribution in [0.25, 0.3) is 0 Å². The average molecular weight is 434 g/mol. The zero-order chi connectivity index (χ0) is 22.8. The zero-order valence-electron chi connectivity index (χ0n) is 17.8. The highest BCUT2D eigenvalue weighted by atomic mass is 16.3. The molecule has 0 saturated heterocycles. The fourth-order valence-corrected chi connectivity index (χ4v) is 2.91. The number of amides is 3. The lowest BCUT2D eigenvalue weighted by atomic mass is 10.2. The summed E-state index contributed by atoms with van der Waals surface area (Å²) in [5, 5.41) is 11.4. The maximum atomic E-state index is 12.3. The van der Waals surface area contributed by atoms with Gasteiger partial charge in [0.15, 0.2) is 5.76 Å². The Morgan fingerprint density at radius 3 is 2.34 bits per heavy atom. The number of hydrogen-bond acceptors (Lipinski definition) is 5. The number of nitrogens with one attached hydrogen (secondary N) is 4. The molecule has 8 nitrogen and oxygen atoms in total. The third-order valence-corrected chi connectivity index (χ3v) is 4.54. The molecule has 4 N–H and O–H groups in total. The minimum Gasteiger partial charge on any atom is -0.459 e. The number of rotatable bonds is 10. The molecule has 32 heavy (non-hydrogen) atoms. The summed E-state index contributed by atoms with van der Waals surface area (Å²) in [5.74, 6) is -0.577. The second-order valence-corrected chi connectivity index (χ2v) is 7.10. The average Bonchev–Trinajstić information content (AvgIpc) is 3.33. The first-order valence-corrected chi connectivity index (χ1v) is 10.4. The lowest BCUT2D eigenvalue weighted by Crippen LogP contribution is -2.25. The number of anilines is 3. The second-order valence-electron chi connectivity index (χ2n) is 7.10. The number of benzene rings is 2. The molecule has 3 aromatic rings. The van der Waals surface area contributed by atoms with Crippen molar-refractivity contribution in [3.05, 3.63) is 78.3 Å². The van der Waals surface area contributed by atoms with Gasteiger partial charge in [0.25, 0.3) is 11.8 Å². The van der Waals surface area contributed by atoms with Crippen LogP contribution in [0.3, 0.4) is 0 Å². The smallest absolute Gasteiger partial charge is 0.291 e. The van der Waals surface area contributed by atoms with E-state index in [9.17, 15) is 14.4 Å². The highest BCUT2D eigenvalue weighted by Gasteiger charge is 2.10. The summed E-state index contributed by atoms with van der Waals surface area (Å²) < 4.78 is 5.08. The largest absolute Gasteiger partial charge is 0.459 e. The maximum absolute atomic E-state index is 12.3. The van der Waals surface area contributed by atoms with E-state index in [0.717, 1.165) is 12.8 Å². The molecule has 2 aromatic carbocycles. The predicted molar refractivity (Wildman–Crippen MR) is 124 cm³/mol. The molecule has 0 aliphatic rings. The Kier molecular flexibility index (Phi) is 8.02. The van der Waals surface area contributed by atoms with Crippen molar-refractivity contribution in [3.8, 4) is 0 Å². The molecule has 0 spiro atoms. The van der Waals surface area contributed by atoms with Crippen LogP contribution in [-0.2, 0) is 4.79 Å². The molecular weight excluding hydrogens is 408 g/mol. The molecule has 166 valence electrons. The van der Waals surface area contributed by atoms with Crippen molar-refractivity contribution in [1.82, 2.24) is 5.32 Å². The number of unbranched alkanes of at least 4 members (excludes halogenated alkanes) is 1. The Labute approximate surface area is 186 Å². The van der Waals surface area contributed by atoms with E-state index in [0.29, 0.717) is 29.2 Å². The van der Waals surface area contributed by atoms with Crippen LogP contribution < -0.4 is 21.3 Å². The van der Waals surface area contributed by atoms with Crippen LogP contribution in [0, 0.1) is 0 Å². The summed E-state index contributed by atoms with van der Waals surface area (Å²) in [7, 11) is 0. The quantitative estimate of drug-likeness (QED) is 0.359. The fourth-order valence-electron chi connectivity index (χ4n) is 2.91. The molecule has 0 fully saturated rings. The standard InChI is InChI=1S/C24H26N4O4/c1-2-3-12-25-23(30)17-7-4-9-19(14-17)27-22(29)16-26-18-8-5-10-20(15-18)28-24(31)21-11-6-13-32-21/h4-11,13-15,26H,2-3,12,16H2,1H3,(H,25,30)(H,27,29)(H,28,31). The van der Waals surface area contributed by atoms with Gasteiger partial charge in [0, 0.05) is 29.2 Å². The van der Waals surface area contributed by atoms with Crippen LogP contribution in [0.4, 0.5) is 17.1 Å².